The second-order valence-corrected chi connectivity index (χ2v) is 15.6. The van der Waals surface area contributed by atoms with Crippen molar-refractivity contribution in [3.63, 3.8) is 0 Å². The highest BCUT2D eigenvalue weighted by atomic mass is 16.5. The molecule has 6 nitrogen and oxygen atoms in total. The third-order valence-electron chi connectivity index (χ3n) is 10.5. The third-order valence-corrected chi connectivity index (χ3v) is 10.5. The number of esters is 2. The minimum Gasteiger partial charge on any atom is -0.465 e. The van der Waals surface area contributed by atoms with Crippen LogP contribution in [0.2, 0.25) is 0 Å². The molecule has 0 aliphatic heterocycles. The van der Waals surface area contributed by atoms with Crippen molar-refractivity contribution in [1.29, 1.82) is 0 Å². The summed E-state index contributed by atoms with van der Waals surface area (Å²) in [5, 5.41) is 0. The van der Waals surface area contributed by atoms with Crippen molar-refractivity contribution in [3.8, 4) is 0 Å². The van der Waals surface area contributed by atoms with Crippen molar-refractivity contribution in [1.82, 2.24) is 9.80 Å². The highest BCUT2D eigenvalue weighted by Gasteiger charge is 2.19. The van der Waals surface area contributed by atoms with Crippen LogP contribution in [0.25, 0.3) is 0 Å². The van der Waals surface area contributed by atoms with E-state index in [4.69, 9.17) is 9.47 Å². The second-order valence-electron chi connectivity index (χ2n) is 15.6. The van der Waals surface area contributed by atoms with Crippen molar-refractivity contribution in [3.05, 3.63) is 0 Å². The minimum atomic E-state index is 0.0354. The van der Waals surface area contributed by atoms with E-state index in [0.29, 0.717) is 13.2 Å². The maximum atomic E-state index is 12.6. The lowest BCUT2D eigenvalue weighted by atomic mass is 9.95. The largest absolute Gasteiger partial charge is 0.465 e. The van der Waals surface area contributed by atoms with E-state index in [0.717, 1.165) is 70.8 Å². The molecule has 0 rings (SSSR count). The third kappa shape index (κ3) is 31.6. The number of hydrogen-bond donors (Lipinski definition) is 0. The number of hydrogen-bond acceptors (Lipinski definition) is 6. The Kier molecular flexibility index (Phi) is 36.8. The van der Waals surface area contributed by atoms with Crippen LogP contribution < -0.4 is 0 Å². The summed E-state index contributed by atoms with van der Waals surface area (Å²) >= 11 is 0. The zero-order valence-electron chi connectivity index (χ0n) is 34.7. The van der Waals surface area contributed by atoms with Gasteiger partial charge >= 0.3 is 11.9 Å². The van der Waals surface area contributed by atoms with Crippen molar-refractivity contribution in [2.45, 2.75) is 207 Å². The summed E-state index contributed by atoms with van der Waals surface area (Å²) in [6.07, 6.45) is 33.3. The zero-order chi connectivity index (χ0) is 36.9. The van der Waals surface area contributed by atoms with Crippen LogP contribution in [-0.2, 0) is 19.1 Å². The molecule has 0 amide bonds. The van der Waals surface area contributed by atoms with Gasteiger partial charge in [0.05, 0.1) is 25.0 Å². The van der Waals surface area contributed by atoms with Crippen LogP contribution in [0, 0.1) is 11.8 Å². The van der Waals surface area contributed by atoms with Crippen LogP contribution in [0.4, 0.5) is 0 Å². The van der Waals surface area contributed by atoms with Crippen molar-refractivity contribution in [2.75, 3.05) is 53.5 Å². The highest BCUT2D eigenvalue weighted by molar-refractivity contribution is 5.72. The van der Waals surface area contributed by atoms with Gasteiger partial charge in [0.25, 0.3) is 0 Å². The molecule has 0 aliphatic rings. The van der Waals surface area contributed by atoms with Gasteiger partial charge in [-0.1, -0.05) is 156 Å². The van der Waals surface area contributed by atoms with E-state index in [1.807, 2.05) is 0 Å². The highest BCUT2D eigenvalue weighted by Crippen LogP contribution is 2.20. The number of rotatable bonds is 39. The summed E-state index contributed by atoms with van der Waals surface area (Å²) in [5.74, 6) is 0.317. The lowest BCUT2D eigenvalue weighted by Crippen LogP contribution is -2.33. The quantitative estimate of drug-likeness (QED) is 0.0468. The van der Waals surface area contributed by atoms with Crippen LogP contribution in [0.5, 0.6) is 0 Å². The Labute approximate surface area is 313 Å². The first kappa shape index (κ1) is 48.9. The fourth-order valence-electron chi connectivity index (χ4n) is 6.86. The summed E-state index contributed by atoms with van der Waals surface area (Å²) in [4.78, 5) is 30.0. The second kappa shape index (κ2) is 37.6. The van der Waals surface area contributed by atoms with Gasteiger partial charge in [0.1, 0.15) is 0 Å². The molecule has 50 heavy (non-hydrogen) atoms. The molecule has 6 heteroatoms. The Morgan fingerprint density at radius 2 is 0.800 bits per heavy atom. The molecule has 0 heterocycles. The number of carbonyl (C=O) groups excluding carboxylic acids is 2. The molecule has 0 saturated carbocycles. The van der Waals surface area contributed by atoms with Gasteiger partial charge < -0.3 is 19.3 Å². The van der Waals surface area contributed by atoms with E-state index < -0.39 is 0 Å². The number of carbonyl (C=O) groups is 2. The standard InChI is InChI=1S/C44H88N2O4/c1-7-11-14-26-33-41(10-4)43(47)49-39-30-24-20-16-18-22-28-35-46(38-37-45(5)6)36-29-23-19-17-21-25-31-40-50-44(48)42(32-13-9-3)34-27-15-12-8-2/h41-42H,7-40H2,1-6H3. The Hall–Kier alpha value is -1.14. The molecule has 0 fully saturated rings. The van der Waals surface area contributed by atoms with E-state index in [1.165, 1.54) is 135 Å². The van der Waals surface area contributed by atoms with Crippen molar-refractivity contribution in [2.24, 2.45) is 11.8 Å². The molecule has 0 spiro atoms. The molecule has 0 N–H and O–H groups in total. The van der Waals surface area contributed by atoms with E-state index >= 15 is 0 Å². The van der Waals surface area contributed by atoms with Gasteiger partial charge in [-0.2, -0.15) is 0 Å². The summed E-state index contributed by atoms with van der Waals surface area (Å²) < 4.78 is 11.3. The Balaban J connectivity index is 3.94. The van der Waals surface area contributed by atoms with E-state index in [-0.39, 0.29) is 23.8 Å². The van der Waals surface area contributed by atoms with E-state index in [2.05, 4.69) is 51.6 Å². The average molecular weight is 709 g/mol. The number of nitrogens with zero attached hydrogens (tertiary/aromatic N) is 2. The normalized spacial score (nSPS) is 12.9. The monoisotopic (exact) mass is 709 g/mol. The molecule has 0 radical (unpaired) electrons. The Morgan fingerprint density at radius 1 is 0.420 bits per heavy atom. The minimum absolute atomic E-state index is 0.0354. The van der Waals surface area contributed by atoms with Crippen molar-refractivity contribution >= 4 is 11.9 Å². The fraction of sp³-hybridized carbons (Fsp3) is 0.955. The summed E-state index contributed by atoms with van der Waals surface area (Å²) in [5.41, 5.74) is 0. The van der Waals surface area contributed by atoms with Gasteiger partial charge in [0, 0.05) is 13.1 Å². The molecular weight excluding hydrogens is 620 g/mol. The predicted molar refractivity (Wildman–Crippen MR) is 216 cm³/mol. The number of likely N-dealkylation sites (N-methyl/N-ethyl adjacent to an activating group) is 1. The van der Waals surface area contributed by atoms with Gasteiger partial charge in [-0.25, -0.2) is 0 Å². The van der Waals surface area contributed by atoms with Gasteiger partial charge in [0.2, 0.25) is 0 Å². The summed E-state index contributed by atoms with van der Waals surface area (Å²) in [7, 11) is 4.35. The zero-order valence-corrected chi connectivity index (χ0v) is 34.7. The average Bonchev–Trinajstić information content (AvgIpc) is 3.11. The first-order valence-electron chi connectivity index (χ1n) is 22.1. The molecule has 0 aliphatic carbocycles. The first-order valence-corrected chi connectivity index (χ1v) is 22.1. The summed E-state index contributed by atoms with van der Waals surface area (Å²) in [6.45, 7) is 14.7. The maximum Gasteiger partial charge on any atom is 0.308 e. The molecule has 0 bridgehead atoms. The van der Waals surface area contributed by atoms with Crippen LogP contribution in [-0.4, -0.2) is 75.2 Å². The molecule has 0 aromatic heterocycles. The Bertz CT molecular complexity index is 731. The topological polar surface area (TPSA) is 59.1 Å². The molecule has 0 saturated heterocycles. The van der Waals surface area contributed by atoms with Gasteiger partial charge in [-0.15, -0.1) is 0 Å². The molecule has 298 valence electrons. The molecule has 0 aromatic rings. The smallest absolute Gasteiger partial charge is 0.308 e. The summed E-state index contributed by atoms with van der Waals surface area (Å²) in [6, 6.07) is 0. The molecule has 2 unspecified atom stereocenters. The Morgan fingerprint density at radius 3 is 1.24 bits per heavy atom. The van der Waals surface area contributed by atoms with Crippen molar-refractivity contribution < 1.29 is 19.1 Å². The van der Waals surface area contributed by atoms with Crippen LogP contribution in [0.15, 0.2) is 0 Å². The van der Waals surface area contributed by atoms with E-state index in [9.17, 15) is 9.59 Å². The van der Waals surface area contributed by atoms with Crippen LogP contribution in [0.1, 0.15) is 207 Å². The maximum absolute atomic E-state index is 12.6. The van der Waals surface area contributed by atoms with Gasteiger partial charge in [0.15, 0.2) is 0 Å². The molecule has 0 aromatic carbocycles. The lowest BCUT2D eigenvalue weighted by molar-refractivity contribution is -0.150. The van der Waals surface area contributed by atoms with Crippen LogP contribution >= 0.6 is 0 Å². The van der Waals surface area contributed by atoms with Gasteiger partial charge in [-0.05, 0) is 78.6 Å². The lowest BCUT2D eigenvalue weighted by Gasteiger charge is -2.24. The molecular formula is C44H88N2O4. The number of ether oxygens (including phenoxy) is 2. The molecule has 2 atom stereocenters. The van der Waals surface area contributed by atoms with Crippen LogP contribution in [0.3, 0.4) is 0 Å². The fourth-order valence-corrected chi connectivity index (χ4v) is 6.86. The first-order chi connectivity index (χ1) is 24.4. The number of unbranched alkanes of at least 4 members (excludes halogenated alkanes) is 19. The predicted octanol–water partition coefficient (Wildman–Crippen LogP) is 12.2. The van der Waals surface area contributed by atoms with Gasteiger partial charge in [-0.3, -0.25) is 9.59 Å². The SMILES string of the molecule is CCCCCCC(CC)C(=O)OCCCCCCCCCN(CCCCCCCCCOC(=O)C(CCCC)CCCCCC)CCN(C)C. The van der Waals surface area contributed by atoms with E-state index in [1.54, 1.807) is 0 Å².